The second-order valence-corrected chi connectivity index (χ2v) is 3.32. The van der Waals surface area contributed by atoms with Gasteiger partial charge < -0.3 is 4.74 Å². The fourth-order valence-corrected chi connectivity index (χ4v) is 1.23. The molecule has 1 aliphatic rings. The van der Waals surface area contributed by atoms with Gasteiger partial charge in [0.25, 0.3) is 0 Å². The third kappa shape index (κ3) is 2.21. The van der Waals surface area contributed by atoms with Crippen LogP contribution >= 0.6 is 0 Å². The zero-order valence-corrected chi connectivity index (χ0v) is 8.04. The molecule has 0 aliphatic heterocycles. The normalized spacial score (nSPS) is 19.3. The molecule has 70 valence electrons. The first kappa shape index (κ1) is 9.52. The molecule has 0 radical (unpaired) electrons. The van der Waals surface area contributed by atoms with Gasteiger partial charge in [0.2, 0.25) is 0 Å². The molecule has 1 rings (SSSR count). The molecule has 0 saturated heterocycles. The minimum Gasteiger partial charge on any atom is -0.465 e. The van der Waals surface area contributed by atoms with Crippen LogP contribution in [0.15, 0.2) is 0 Å². The number of ether oxygens (including phenoxy) is 1. The molecule has 1 saturated carbocycles. The van der Waals surface area contributed by atoms with Crippen LogP contribution in [0.3, 0.4) is 0 Å². The number of nitrogens with zero attached hydrogens (tertiary/aromatic N) is 1. The number of likely N-dealkylation sites (N-methyl/N-ethyl adjacent to an activating group) is 1. The number of esters is 1. The summed E-state index contributed by atoms with van der Waals surface area (Å²) in [5.41, 5.74) is 0. The molecule has 0 aromatic rings. The van der Waals surface area contributed by atoms with E-state index in [1.54, 1.807) is 0 Å². The zero-order valence-electron chi connectivity index (χ0n) is 8.04. The average molecular weight is 171 g/mol. The highest BCUT2D eigenvalue weighted by Crippen LogP contribution is 2.27. The molecule has 0 heterocycles. The van der Waals surface area contributed by atoms with Crippen molar-refractivity contribution in [2.45, 2.75) is 38.8 Å². The van der Waals surface area contributed by atoms with Crippen LogP contribution in [-0.2, 0) is 9.53 Å². The number of carbonyl (C=O) groups is 1. The fourth-order valence-electron chi connectivity index (χ4n) is 1.23. The van der Waals surface area contributed by atoms with E-state index in [0.29, 0.717) is 12.6 Å². The van der Waals surface area contributed by atoms with Crippen LogP contribution in [0.5, 0.6) is 0 Å². The van der Waals surface area contributed by atoms with Crippen LogP contribution in [0.1, 0.15) is 26.7 Å². The van der Waals surface area contributed by atoms with Crippen LogP contribution in [0, 0.1) is 0 Å². The van der Waals surface area contributed by atoms with Crippen molar-refractivity contribution in [1.82, 2.24) is 4.90 Å². The lowest BCUT2D eigenvalue weighted by molar-refractivity contribution is -0.148. The number of carbonyl (C=O) groups excluding carboxylic acids is 1. The summed E-state index contributed by atoms with van der Waals surface area (Å²) in [5.74, 6) is -0.105. The second kappa shape index (κ2) is 3.90. The van der Waals surface area contributed by atoms with E-state index in [2.05, 4.69) is 4.90 Å². The van der Waals surface area contributed by atoms with E-state index in [1.165, 1.54) is 12.8 Å². The molecule has 3 heteroatoms. The van der Waals surface area contributed by atoms with Gasteiger partial charge in [-0.3, -0.25) is 9.69 Å². The standard InChI is InChI=1S/C9H17NO2/c1-4-12-9(11)7(2)10(3)8-5-6-8/h7-8H,4-6H2,1-3H3. The van der Waals surface area contributed by atoms with Crippen LogP contribution in [0.2, 0.25) is 0 Å². The average Bonchev–Trinajstić information content (AvgIpc) is 2.84. The van der Waals surface area contributed by atoms with Gasteiger partial charge in [0.15, 0.2) is 0 Å². The molecular formula is C9H17NO2. The van der Waals surface area contributed by atoms with Crippen molar-refractivity contribution < 1.29 is 9.53 Å². The Hall–Kier alpha value is -0.570. The van der Waals surface area contributed by atoms with E-state index >= 15 is 0 Å². The van der Waals surface area contributed by atoms with Gasteiger partial charge in [-0.05, 0) is 33.7 Å². The highest BCUT2D eigenvalue weighted by molar-refractivity contribution is 5.75. The van der Waals surface area contributed by atoms with E-state index < -0.39 is 0 Å². The molecule has 1 unspecified atom stereocenters. The largest absolute Gasteiger partial charge is 0.465 e. The predicted octanol–water partition coefficient (Wildman–Crippen LogP) is 1.03. The smallest absolute Gasteiger partial charge is 0.323 e. The first-order valence-electron chi connectivity index (χ1n) is 4.55. The lowest BCUT2D eigenvalue weighted by Gasteiger charge is -2.22. The van der Waals surface area contributed by atoms with Crippen molar-refractivity contribution in [3.63, 3.8) is 0 Å². The summed E-state index contributed by atoms with van der Waals surface area (Å²) >= 11 is 0. The molecule has 0 bridgehead atoms. The maximum atomic E-state index is 11.3. The van der Waals surface area contributed by atoms with E-state index in [9.17, 15) is 4.79 Å². The molecule has 12 heavy (non-hydrogen) atoms. The topological polar surface area (TPSA) is 29.5 Å². The Balaban J connectivity index is 2.33. The van der Waals surface area contributed by atoms with Gasteiger partial charge in [0, 0.05) is 6.04 Å². The first-order chi connectivity index (χ1) is 5.66. The lowest BCUT2D eigenvalue weighted by atomic mass is 10.3. The van der Waals surface area contributed by atoms with Crippen molar-refractivity contribution in [3.8, 4) is 0 Å². The minimum absolute atomic E-state index is 0.0857. The monoisotopic (exact) mass is 171 g/mol. The summed E-state index contributed by atoms with van der Waals surface area (Å²) in [6.45, 7) is 4.21. The molecule has 0 amide bonds. The molecule has 0 aromatic carbocycles. The van der Waals surface area contributed by atoms with Gasteiger partial charge in [-0.1, -0.05) is 0 Å². The van der Waals surface area contributed by atoms with E-state index in [0.717, 1.165) is 0 Å². The maximum absolute atomic E-state index is 11.3. The second-order valence-electron chi connectivity index (χ2n) is 3.32. The molecule has 1 aliphatic carbocycles. The molecule has 1 fully saturated rings. The van der Waals surface area contributed by atoms with Crippen molar-refractivity contribution in [3.05, 3.63) is 0 Å². The van der Waals surface area contributed by atoms with E-state index in [-0.39, 0.29) is 12.0 Å². The summed E-state index contributed by atoms with van der Waals surface area (Å²) in [7, 11) is 1.99. The minimum atomic E-state index is -0.105. The Morgan fingerprint density at radius 3 is 2.67 bits per heavy atom. The fraction of sp³-hybridized carbons (Fsp3) is 0.889. The summed E-state index contributed by atoms with van der Waals surface area (Å²) in [6.07, 6.45) is 2.44. The summed E-state index contributed by atoms with van der Waals surface area (Å²) in [6, 6.07) is 0.529. The zero-order chi connectivity index (χ0) is 9.14. The SMILES string of the molecule is CCOC(=O)C(C)N(C)C1CC1. The Morgan fingerprint density at radius 2 is 2.25 bits per heavy atom. The van der Waals surface area contributed by atoms with Crippen LogP contribution in [0.25, 0.3) is 0 Å². The summed E-state index contributed by atoms with van der Waals surface area (Å²) < 4.78 is 4.92. The van der Waals surface area contributed by atoms with Gasteiger partial charge in [-0.15, -0.1) is 0 Å². The van der Waals surface area contributed by atoms with Crippen LogP contribution in [-0.4, -0.2) is 36.6 Å². The van der Waals surface area contributed by atoms with Gasteiger partial charge in [-0.25, -0.2) is 0 Å². The molecule has 0 aromatic heterocycles. The Bertz CT molecular complexity index is 166. The molecule has 1 atom stereocenters. The van der Waals surface area contributed by atoms with Crippen LogP contribution in [0.4, 0.5) is 0 Å². The lowest BCUT2D eigenvalue weighted by Crippen LogP contribution is -2.38. The van der Waals surface area contributed by atoms with Gasteiger partial charge >= 0.3 is 5.97 Å². The summed E-state index contributed by atoms with van der Waals surface area (Å²) in [4.78, 5) is 13.3. The molecule has 0 spiro atoms. The maximum Gasteiger partial charge on any atom is 0.323 e. The first-order valence-corrected chi connectivity index (χ1v) is 4.55. The number of hydrogen-bond donors (Lipinski definition) is 0. The van der Waals surface area contributed by atoms with Gasteiger partial charge in [0.1, 0.15) is 6.04 Å². The molecule has 3 nitrogen and oxygen atoms in total. The Labute approximate surface area is 73.7 Å². The van der Waals surface area contributed by atoms with Crippen molar-refractivity contribution in [2.75, 3.05) is 13.7 Å². The predicted molar refractivity (Wildman–Crippen MR) is 46.9 cm³/mol. The van der Waals surface area contributed by atoms with Crippen molar-refractivity contribution in [1.29, 1.82) is 0 Å². The number of hydrogen-bond acceptors (Lipinski definition) is 3. The highest BCUT2D eigenvalue weighted by atomic mass is 16.5. The highest BCUT2D eigenvalue weighted by Gasteiger charge is 2.32. The van der Waals surface area contributed by atoms with E-state index in [1.807, 2.05) is 20.9 Å². The number of rotatable bonds is 4. The van der Waals surface area contributed by atoms with Crippen molar-refractivity contribution >= 4 is 5.97 Å². The van der Waals surface area contributed by atoms with Gasteiger partial charge in [-0.2, -0.15) is 0 Å². The third-order valence-corrected chi connectivity index (χ3v) is 2.36. The van der Waals surface area contributed by atoms with Crippen molar-refractivity contribution in [2.24, 2.45) is 0 Å². The Morgan fingerprint density at radius 1 is 1.67 bits per heavy atom. The van der Waals surface area contributed by atoms with Gasteiger partial charge in [0.05, 0.1) is 6.61 Å². The quantitative estimate of drug-likeness (QED) is 0.592. The summed E-state index contributed by atoms with van der Waals surface area (Å²) in [5, 5.41) is 0. The van der Waals surface area contributed by atoms with E-state index in [4.69, 9.17) is 4.74 Å². The third-order valence-electron chi connectivity index (χ3n) is 2.36. The Kier molecular flexibility index (Phi) is 3.09. The van der Waals surface area contributed by atoms with Crippen LogP contribution < -0.4 is 0 Å². The molecular weight excluding hydrogens is 154 g/mol. The molecule has 0 N–H and O–H groups in total.